The largest absolute Gasteiger partial charge is 0.462 e. The van der Waals surface area contributed by atoms with Gasteiger partial charge < -0.3 is 28.4 Å². The lowest BCUT2D eigenvalue weighted by atomic mass is 9.61. The number of amides is 1. The first kappa shape index (κ1) is 39.3. The highest BCUT2D eigenvalue weighted by atomic mass is 28.4. The number of esters is 2. The van der Waals surface area contributed by atoms with Crippen LogP contribution in [0.15, 0.2) is 12.2 Å². The summed E-state index contributed by atoms with van der Waals surface area (Å²) in [5.74, 6) is -0.821. The van der Waals surface area contributed by atoms with Crippen molar-refractivity contribution in [2.45, 2.75) is 130 Å². The zero-order chi connectivity index (χ0) is 32.7. The molecule has 9 nitrogen and oxygen atoms in total. The van der Waals surface area contributed by atoms with E-state index in [4.69, 9.17) is 23.1 Å². The minimum Gasteiger partial charge on any atom is -0.462 e. The van der Waals surface area contributed by atoms with Crippen LogP contribution in [0.25, 0.3) is 0 Å². The highest BCUT2D eigenvalue weighted by molar-refractivity contribution is 6.84. The van der Waals surface area contributed by atoms with Crippen molar-refractivity contribution in [2.24, 2.45) is 10.8 Å². The van der Waals surface area contributed by atoms with Crippen LogP contribution >= 0.6 is 0 Å². The van der Waals surface area contributed by atoms with E-state index in [9.17, 15) is 14.4 Å². The molecule has 0 spiro atoms. The Bertz CT molecular complexity index is 908. The first-order chi connectivity index (χ1) is 19.9. The van der Waals surface area contributed by atoms with Gasteiger partial charge in [0, 0.05) is 24.6 Å². The van der Waals surface area contributed by atoms with Crippen LogP contribution in [0.2, 0.25) is 38.3 Å². The van der Waals surface area contributed by atoms with Crippen LogP contribution in [-0.4, -0.2) is 73.7 Å². The van der Waals surface area contributed by atoms with Gasteiger partial charge in [-0.15, -0.1) is 0 Å². The van der Waals surface area contributed by atoms with Gasteiger partial charge in [0.2, 0.25) is 0 Å². The minimum atomic E-state index is -1.71. The van der Waals surface area contributed by atoms with Gasteiger partial charge in [-0.3, -0.25) is 4.79 Å². The van der Waals surface area contributed by atoms with Crippen molar-refractivity contribution in [3.8, 4) is 0 Å². The molecule has 0 aromatic rings. The molecule has 1 fully saturated rings. The number of hydrogen-bond acceptors (Lipinski definition) is 8. The Labute approximate surface area is 263 Å². The Hall–Kier alpha value is -1.70. The van der Waals surface area contributed by atoms with Crippen LogP contribution in [0.1, 0.15) is 86.0 Å². The SMILES string of the molecule is C=C(C)C(=O)OCCOC(=O)CCC1(C)CC(NC(=O)OCCOCCC[Si](C)(C)O[Si](C)(C)CCCC)CC(C)(C)C1. The molecule has 1 N–H and O–H groups in total. The fourth-order valence-electron chi connectivity index (χ4n) is 6.37. The summed E-state index contributed by atoms with van der Waals surface area (Å²) >= 11 is 0. The molecular formula is C32H61NO8Si2. The van der Waals surface area contributed by atoms with Gasteiger partial charge in [-0.25, -0.2) is 9.59 Å². The molecule has 1 aliphatic carbocycles. The first-order valence-corrected chi connectivity index (χ1v) is 22.3. The van der Waals surface area contributed by atoms with Gasteiger partial charge in [-0.05, 0) is 88.1 Å². The van der Waals surface area contributed by atoms with Crippen LogP contribution in [-0.2, 0) is 32.7 Å². The average Bonchev–Trinajstić information content (AvgIpc) is 2.86. The topological polar surface area (TPSA) is 109 Å². The number of ether oxygens (including phenoxy) is 4. The second kappa shape index (κ2) is 18.3. The maximum Gasteiger partial charge on any atom is 0.407 e. The fraction of sp³-hybridized carbons (Fsp3) is 0.844. The summed E-state index contributed by atoms with van der Waals surface area (Å²) < 4.78 is 28.0. The third-order valence-corrected chi connectivity index (χ3v) is 15.4. The van der Waals surface area contributed by atoms with Gasteiger partial charge in [0.25, 0.3) is 0 Å². The van der Waals surface area contributed by atoms with Crippen LogP contribution in [0.5, 0.6) is 0 Å². The third kappa shape index (κ3) is 18.0. The number of carbonyl (C=O) groups excluding carboxylic acids is 3. The predicted octanol–water partition coefficient (Wildman–Crippen LogP) is 7.37. The van der Waals surface area contributed by atoms with Crippen LogP contribution in [0.4, 0.5) is 4.79 Å². The van der Waals surface area contributed by atoms with E-state index in [1.54, 1.807) is 6.92 Å². The van der Waals surface area contributed by atoms with Gasteiger partial charge in [-0.1, -0.05) is 47.1 Å². The van der Waals surface area contributed by atoms with E-state index in [0.717, 1.165) is 31.7 Å². The van der Waals surface area contributed by atoms with Gasteiger partial charge >= 0.3 is 18.0 Å². The third-order valence-electron chi connectivity index (χ3n) is 7.84. The number of carbonyl (C=O) groups is 3. The molecule has 43 heavy (non-hydrogen) atoms. The molecule has 0 aromatic carbocycles. The summed E-state index contributed by atoms with van der Waals surface area (Å²) in [4.78, 5) is 36.3. The van der Waals surface area contributed by atoms with E-state index in [1.807, 2.05) is 0 Å². The minimum absolute atomic E-state index is 0.00319. The van der Waals surface area contributed by atoms with Crippen molar-refractivity contribution in [2.75, 3.05) is 33.0 Å². The van der Waals surface area contributed by atoms with Crippen LogP contribution in [0.3, 0.4) is 0 Å². The van der Waals surface area contributed by atoms with E-state index < -0.39 is 28.7 Å². The van der Waals surface area contributed by atoms with E-state index in [-0.39, 0.29) is 49.1 Å². The van der Waals surface area contributed by atoms with Crippen LogP contribution in [0, 0.1) is 10.8 Å². The maximum atomic E-state index is 12.6. The molecule has 0 saturated heterocycles. The summed E-state index contributed by atoms with van der Waals surface area (Å²) in [7, 11) is -3.30. The number of alkyl carbamates (subject to hydrolysis) is 1. The van der Waals surface area contributed by atoms with Crippen molar-refractivity contribution in [1.82, 2.24) is 5.32 Å². The molecule has 1 amide bonds. The molecule has 0 aromatic heterocycles. The van der Waals surface area contributed by atoms with E-state index in [0.29, 0.717) is 25.2 Å². The number of nitrogens with one attached hydrogen (secondary N) is 1. The Balaban J connectivity index is 2.34. The van der Waals surface area contributed by atoms with Gasteiger partial charge in [0.15, 0.2) is 16.6 Å². The summed E-state index contributed by atoms with van der Waals surface area (Å²) in [6.07, 6.45) is 6.42. The normalized spacial score (nSPS) is 20.3. The second-order valence-electron chi connectivity index (χ2n) is 14.6. The Morgan fingerprint density at radius 1 is 0.860 bits per heavy atom. The summed E-state index contributed by atoms with van der Waals surface area (Å²) in [5.41, 5.74) is 0.173. The second-order valence-corrected chi connectivity index (χ2v) is 23.5. The van der Waals surface area contributed by atoms with E-state index in [2.05, 4.69) is 65.8 Å². The lowest BCUT2D eigenvalue weighted by Crippen LogP contribution is -2.47. The molecule has 250 valence electrons. The quantitative estimate of drug-likeness (QED) is 0.0481. The predicted molar refractivity (Wildman–Crippen MR) is 176 cm³/mol. The van der Waals surface area contributed by atoms with Crippen LogP contribution < -0.4 is 5.32 Å². The molecular weight excluding hydrogens is 583 g/mol. The zero-order valence-corrected chi connectivity index (χ0v) is 30.7. The van der Waals surface area contributed by atoms with Crippen molar-refractivity contribution in [3.05, 3.63) is 12.2 Å². The van der Waals surface area contributed by atoms with Gasteiger partial charge in [0.05, 0.1) is 6.61 Å². The number of hydrogen-bond donors (Lipinski definition) is 1. The van der Waals surface area contributed by atoms with Crippen molar-refractivity contribution in [3.63, 3.8) is 0 Å². The molecule has 2 unspecified atom stereocenters. The van der Waals surface area contributed by atoms with E-state index in [1.165, 1.54) is 18.9 Å². The first-order valence-electron chi connectivity index (χ1n) is 16.1. The molecule has 1 saturated carbocycles. The molecule has 0 bridgehead atoms. The fourth-order valence-corrected chi connectivity index (χ4v) is 15.4. The van der Waals surface area contributed by atoms with Crippen molar-refractivity contribution >= 4 is 34.7 Å². The lowest BCUT2D eigenvalue weighted by Gasteiger charge is -2.46. The average molecular weight is 644 g/mol. The Morgan fingerprint density at radius 3 is 2.09 bits per heavy atom. The smallest absolute Gasteiger partial charge is 0.407 e. The highest BCUT2D eigenvalue weighted by Gasteiger charge is 2.42. The van der Waals surface area contributed by atoms with Crippen molar-refractivity contribution < 1.29 is 37.4 Å². The molecule has 1 rings (SSSR count). The molecule has 0 radical (unpaired) electrons. The number of rotatable bonds is 20. The molecule has 0 heterocycles. The molecule has 2 atom stereocenters. The Kier molecular flexibility index (Phi) is 16.8. The Morgan fingerprint density at radius 2 is 1.47 bits per heavy atom. The summed E-state index contributed by atoms with van der Waals surface area (Å²) in [6, 6.07) is 2.24. The summed E-state index contributed by atoms with van der Waals surface area (Å²) in [5, 5.41) is 3.04. The van der Waals surface area contributed by atoms with Crippen molar-refractivity contribution in [1.29, 1.82) is 0 Å². The van der Waals surface area contributed by atoms with Gasteiger partial charge in [-0.2, -0.15) is 0 Å². The summed E-state index contributed by atoms with van der Waals surface area (Å²) in [6.45, 7) is 24.4. The van der Waals surface area contributed by atoms with Gasteiger partial charge in [0.1, 0.15) is 19.8 Å². The lowest BCUT2D eigenvalue weighted by molar-refractivity contribution is -0.150. The molecule has 0 aliphatic heterocycles. The maximum absolute atomic E-state index is 12.6. The van der Waals surface area contributed by atoms with E-state index >= 15 is 0 Å². The molecule has 11 heteroatoms. The standard InChI is InChI=1S/C32H61NO8Si2/c1-11-12-21-42(7,8)41-43(9,10)22-13-16-37-17-18-40-30(36)33-27-23-31(4,5)25-32(6,24-27)15-14-28(34)38-19-20-39-29(35)26(2)3/h27H,2,11-25H2,1,3-10H3,(H,33,36). The zero-order valence-electron chi connectivity index (χ0n) is 28.7. The highest BCUT2D eigenvalue weighted by Crippen LogP contribution is 2.48. The monoisotopic (exact) mass is 643 g/mol. The molecule has 1 aliphatic rings. The number of unbranched alkanes of at least 4 members (excludes halogenated alkanes) is 1.